The van der Waals surface area contributed by atoms with Gasteiger partial charge in [0.25, 0.3) is 0 Å². The Kier molecular flexibility index (Phi) is 6.53. The van der Waals surface area contributed by atoms with Gasteiger partial charge in [0.15, 0.2) is 0 Å². The van der Waals surface area contributed by atoms with Gasteiger partial charge in [0.05, 0.1) is 18.3 Å². The van der Waals surface area contributed by atoms with E-state index in [2.05, 4.69) is 26.1 Å². The van der Waals surface area contributed by atoms with Gasteiger partial charge in [-0.05, 0) is 32.6 Å². The smallest absolute Gasteiger partial charge is 0.0897 e. The normalized spacial score (nSPS) is 15.2. The molecule has 3 nitrogen and oxygen atoms in total. The van der Waals surface area contributed by atoms with E-state index in [-0.39, 0.29) is 5.60 Å². The highest BCUT2D eigenvalue weighted by Crippen LogP contribution is 2.17. The summed E-state index contributed by atoms with van der Waals surface area (Å²) in [7, 11) is 0. The molecule has 0 radical (unpaired) electrons. The van der Waals surface area contributed by atoms with Crippen molar-refractivity contribution >= 4 is 0 Å². The number of rotatable bonds is 7. The highest BCUT2D eigenvalue weighted by Gasteiger charge is 2.16. The van der Waals surface area contributed by atoms with Crippen molar-refractivity contribution in [2.75, 3.05) is 19.7 Å². The van der Waals surface area contributed by atoms with Crippen molar-refractivity contribution in [3.63, 3.8) is 0 Å². The van der Waals surface area contributed by atoms with Gasteiger partial charge in [-0.15, -0.1) is 0 Å². The second kappa shape index (κ2) is 6.58. The maximum atomic E-state index is 9.69. The Morgan fingerprint density at radius 2 is 1.75 bits per heavy atom. The molecule has 0 aromatic rings. The second-order valence-electron chi connectivity index (χ2n) is 6.23. The molecule has 2 N–H and O–H groups in total. The lowest BCUT2D eigenvalue weighted by atomic mass is 9.90. The number of nitrogens with one attached hydrogen (secondary N) is 1. The van der Waals surface area contributed by atoms with E-state index >= 15 is 0 Å². The number of ether oxygens (including phenoxy) is 1. The quantitative estimate of drug-likeness (QED) is 0.706. The molecule has 0 aliphatic carbocycles. The number of aliphatic hydroxyl groups is 1. The van der Waals surface area contributed by atoms with Crippen molar-refractivity contribution in [3.8, 4) is 0 Å². The Hall–Kier alpha value is -0.120. The molecule has 0 amide bonds. The lowest BCUT2D eigenvalue weighted by molar-refractivity contribution is -0.0482. The molecular weight excluding hydrogens is 202 g/mol. The summed E-state index contributed by atoms with van der Waals surface area (Å²) in [5.74, 6) is 0. The predicted octanol–water partition coefficient (Wildman–Crippen LogP) is 2.19. The van der Waals surface area contributed by atoms with Gasteiger partial charge < -0.3 is 15.2 Å². The number of hydrogen-bond donors (Lipinski definition) is 2. The first-order valence-corrected chi connectivity index (χ1v) is 6.19. The molecule has 0 spiro atoms. The first kappa shape index (κ1) is 15.9. The fourth-order valence-corrected chi connectivity index (χ4v) is 1.11. The molecule has 0 aromatic carbocycles. The third kappa shape index (κ3) is 9.13. The van der Waals surface area contributed by atoms with Crippen LogP contribution < -0.4 is 5.32 Å². The molecule has 0 aliphatic heterocycles. The van der Waals surface area contributed by atoms with Crippen LogP contribution in [0.15, 0.2) is 0 Å². The van der Waals surface area contributed by atoms with E-state index in [1.54, 1.807) is 0 Å². The van der Waals surface area contributed by atoms with E-state index in [1.165, 1.54) is 0 Å². The van der Waals surface area contributed by atoms with Crippen molar-refractivity contribution in [1.82, 2.24) is 5.32 Å². The molecule has 0 fully saturated rings. The van der Waals surface area contributed by atoms with Crippen LogP contribution in [0, 0.1) is 5.41 Å². The molecule has 0 aliphatic rings. The molecule has 16 heavy (non-hydrogen) atoms. The van der Waals surface area contributed by atoms with Gasteiger partial charge in [-0.2, -0.15) is 0 Å². The Balaban J connectivity index is 3.63. The number of hydrogen-bond acceptors (Lipinski definition) is 3. The average Bonchev–Trinajstić information content (AvgIpc) is 2.13. The zero-order valence-electron chi connectivity index (χ0n) is 11.8. The summed E-state index contributed by atoms with van der Waals surface area (Å²) >= 11 is 0. The molecule has 3 heteroatoms. The van der Waals surface area contributed by atoms with Gasteiger partial charge in [-0.3, -0.25) is 0 Å². The predicted molar refractivity (Wildman–Crippen MR) is 68.7 cm³/mol. The minimum Gasteiger partial charge on any atom is -0.389 e. The first-order valence-electron chi connectivity index (χ1n) is 6.19. The zero-order chi connectivity index (χ0) is 12.8. The van der Waals surface area contributed by atoms with Gasteiger partial charge >= 0.3 is 0 Å². The van der Waals surface area contributed by atoms with Crippen LogP contribution in [0.5, 0.6) is 0 Å². The topological polar surface area (TPSA) is 41.5 Å². The monoisotopic (exact) mass is 231 g/mol. The van der Waals surface area contributed by atoms with Crippen LogP contribution in [0.3, 0.4) is 0 Å². The van der Waals surface area contributed by atoms with Crippen molar-refractivity contribution in [2.45, 2.75) is 59.7 Å². The maximum absolute atomic E-state index is 9.69. The van der Waals surface area contributed by atoms with E-state index in [1.807, 2.05) is 20.8 Å². The van der Waals surface area contributed by atoms with E-state index in [0.29, 0.717) is 18.6 Å². The lowest BCUT2D eigenvalue weighted by Crippen LogP contribution is -2.37. The standard InChI is InChI=1S/C13H29NO2/c1-7-13(5,6)10-14-8-11(15)9-16-12(2,3)4/h11,14-15H,7-10H2,1-6H3. The summed E-state index contributed by atoms with van der Waals surface area (Å²) in [5, 5.41) is 13.0. The van der Waals surface area contributed by atoms with Gasteiger partial charge in [-0.25, -0.2) is 0 Å². The Labute approximate surface area is 101 Å². The zero-order valence-corrected chi connectivity index (χ0v) is 11.8. The summed E-state index contributed by atoms with van der Waals surface area (Å²) in [4.78, 5) is 0. The lowest BCUT2D eigenvalue weighted by Gasteiger charge is -2.25. The van der Waals surface area contributed by atoms with E-state index in [0.717, 1.165) is 13.0 Å². The highest BCUT2D eigenvalue weighted by molar-refractivity contribution is 4.71. The van der Waals surface area contributed by atoms with Gasteiger partial charge in [0.1, 0.15) is 0 Å². The van der Waals surface area contributed by atoms with Crippen LogP contribution in [-0.4, -0.2) is 36.5 Å². The third-order valence-electron chi connectivity index (χ3n) is 2.65. The van der Waals surface area contributed by atoms with Crippen LogP contribution in [0.4, 0.5) is 0 Å². The summed E-state index contributed by atoms with van der Waals surface area (Å²) in [6, 6.07) is 0. The highest BCUT2D eigenvalue weighted by atomic mass is 16.5. The van der Waals surface area contributed by atoms with E-state index in [4.69, 9.17) is 4.74 Å². The minimum atomic E-state index is -0.424. The first-order chi connectivity index (χ1) is 7.16. The Bertz CT molecular complexity index is 185. The Morgan fingerprint density at radius 1 is 1.19 bits per heavy atom. The summed E-state index contributed by atoms with van der Waals surface area (Å²) < 4.78 is 5.51. The fourth-order valence-electron chi connectivity index (χ4n) is 1.11. The second-order valence-corrected chi connectivity index (χ2v) is 6.23. The van der Waals surface area contributed by atoms with Gasteiger partial charge in [0.2, 0.25) is 0 Å². The molecular formula is C13H29NO2. The molecule has 1 atom stereocenters. The van der Waals surface area contributed by atoms with Crippen LogP contribution in [-0.2, 0) is 4.74 Å². The Morgan fingerprint density at radius 3 is 2.19 bits per heavy atom. The molecule has 0 saturated carbocycles. The molecule has 0 aromatic heterocycles. The van der Waals surface area contributed by atoms with Crippen molar-refractivity contribution in [1.29, 1.82) is 0 Å². The largest absolute Gasteiger partial charge is 0.389 e. The van der Waals surface area contributed by atoms with Gasteiger partial charge in [-0.1, -0.05) is 20.8 Å². The van der Waals surface area contributed by atoms with Crippen molar-refractivity contribution in [2.24, 2.45) is 5.41 Å². The molecule has 98 valence electrons. The summed E-state index contributed by atoms with van der Waals surface area (Å²) in [6.45, 7) is 14.5. The van der Waals surface area contributed by atoms with Gasteiger partial charge in [0, 0.05) is 13.1 Å². The van der Waals surface area contributed by atoms with Crippen LogP contribution in [0.25, 0.3) is 0 Å². The third-order valence-corrected chi connectivity index (χ3v) is 2.65. The van der Waals surface area contributed by atoms with Crippen molar-refractivity contribution < 1.29 is 9.84 Å². The molecule has 0 bridgehead atoms. The number of aliphatic hydroxyl groups excluding tert-OH is 1. The SMILES string of the molecule is CCC(C)(C)CNCC(O)COC(C)(C)C. The van der Waals surface area contributed by atoms with Crippen LogP contribution >= 0.6 is 0 Å². The van der Waals surface area contributed by atoms with E-state index in [9.17, 15) is 5.11 Å². The molecule has 1 unspecified atom stereocenters. The minimum absolute atomic E-state index is 0.177. The van der Waals surface area contributed by atoms with E-state index < -0.39 is 6.10 Å². The molecule has 0 rings (SSSR count). The fraction of sp³-hybridized carbons (Fsp3) is 1.00. The van der Waals surface area contributed by atoms with Crippen molar-refractivity contribution in [3.05, 3.63) is 0 Å². The molecule has 0 saturated heterocycles. The van der Waals surface area contributed by atoms with Crippen LogP contribution in [0.1, 0.15) is 48.0 Å². The molecule has 0 heterocycles. The summed E-state index contributed by atoms with van der Waals surface area (Å²) in [6.07, 6.45) is 0.709. The van der Waals surface area contributed by atoms with Crippen LogP contribution in [0.2, 0.25) is 0 Å². The summed E-state index contributed by atoms with van der Waals surface area (Å²) in [5.41, 5.74) is 0.119. The average molecular weight is 231 g/mol. The maximum Gasteiger partial charge on any atom is 0.0897 e.